The van der Waals surface area contributed by atoms with Crippen molar-refractivity contribution in [2.24, 2.45) is 0 Å². The maximum atomic E-state index is 12.7. The van der Waals surface area contributed by atoms with Crippen LogP contribution in [0, 0.1) is 0 Å². The van der Waals surface area contributed by atoms with E-state index in [1.165, 1.54) is 6.38 Å². The van der Waals surface area contributed by atoms with Crippen molar-refractivity contribution in [3.05, 3.63) is 63.4 Å². The minimum absolute atomic E-state index is 0.00360. The van der Waals surface area contributed by atoms with E-state index in [1.54, 1.807) is 0 Å². The number of aromatic amines is 1. The van der Waals surface area contributed by atoms with Crippen molar-refractivity contribution in [2.45, 2.75) is 33.2 Å². The molecule has 2 aliphatic heterocycles. The molecule has 3 N–H and O–H groups in total. The summed E-state index contributed by atoms with van der Waals surface area (Å²) in [4.78, 5) is 32.7. The van der Waals surface area contributed by atoms with E-state index in [2.05, 4.69) is 49.2 Å². The number of anilines is 2. The van der Waals surface area contributed by atoms with Crippen molar-refractivity contribution in [3.63, 3.8) is 0 Å². The van der Waals surface area contributed by atoms with E-state index in [0.717, 1.165) is 91.3 Å². The Bertz CT molecular complexity index is 1300. The summed E-state index contributed by atoms with van der Waals surface area (Å²) in [6.07, 6.45) is 3.23. The molecule has 204 valence electrons. The van der Waals surface area contributed by atoms with E-state index in [4.69, 9.17) is 4.74 Å². The van der Waals surface area contributed by atoms with Gasteiger partial charge in [-0.2, -0.15) is 0 Å². The second-order valence-corrected chi connectivity index (χ2v) is 9.46. The third-order valence-corrected chi connectivity index (χ3v) is 7.05. The number of ether oxygens (including phenoxy) is 1. The van der Waals surface area contributed by atoms with Crippen LogP contribution in [0.15, 0.2) is 41.2 Å². The van der Waals surface area contributed by atoms with Crippen LogP contribution in [0.4, 0.5) is 11.4 Å². The van der Waals surface area contributed by atoms with Gasteiger partial charge in [0.1, 0.15) is 5.75 Å². The highest BCUT2D eigenvalue weighted by molar-refractivity contribution is 6.15. The van der Waals surface area contributed by atoms with Crippen LogP contribution in [-0.4, -0.2) is 68.0 Å². The molecule has 1 saturated heterocycles. The third kappa shape index (κ3) is 6.08. The molecule has 0 bridgehead atoms. The summed E-state index contributed by atoms with van der Waals surface area (Å²) < 4.78 is 6.05. The number of carbonyl (C=O) groups excluding carboxylic acids is 1. The molecule has 0 atom stereocenters. The number of hydrogen-bond donors (Lipinski definition) is 3. The number of pyridine rings is 1. The second kappa shape index (κ2) is 13.0. The molecule has 1 aromatic heterocycles. The first-order chi connectivity index (χ1) is 18.6. The van der Waals surface area contributed by atoms with Gasteiger partial charge in [-0.1, -0.05) is 0 Å². The van der Waals surface area contributed by atoms with Crippen molar-refractivity contribution in [1.29, 1.82) is 0 Å². The van der Waals surface area contributed by atoms with Gasteiger partial charge >= 0.3 is 0 Å². The van der Waals surface area contributed by atoms with Gasteiger partial charge < -0.3 is 25.3 Å². The average Bonchev–Trinajstić information content (AvgIpc) is 2.95. The van der Waals surface area contributed by atoms with E-state index in [0.29, 0.717) is 18.7 Å². The molecule has 38 heavy (non-hydrogen) atoms. The van der Waals surface area contributed by atoms with E-state index >= 15 is 0 Å². The Morgan fingerprint density at radius 1 is 1.08 bits per heavy atom. The van der Waals surface area contributed by atoms with Crippen molar-refractivity contribution >= 4 is 39.8 Å². The lowest BCUT2D eigenvalue weighted by Crippen LogP contribution is -2.46. The second-order valence-electron chi connectivity index (χ2n) is 9.46. The predicted molar refractivity (Wildman–Crippen MR) is 156 cm³/mol. The van der Waals surface area contributed by atoms with Crippen LogP contribution in [0.1, 0.15) is 41.8 Å². The van der Waals surface area contributed by atoms with Gasteiger partial charge in [0.25, 0.3) is 11.5 Å². The van der Waals surface area contributed by atoms with Crippen LogP contribution in [0.25, 0.3) is 10.9 Å². The number of halogens is 1. The zero-order chi connectivity index (χ0) is 27.1. The topological polar surface area (TPSA) is 89.7 Å². The SMILES string of the molecule is CCNC(=O)c1ccc(N2CCN(Cc3cc(OCC)c4c5c(c(=O)[nH]c4c3)CCCN5)CC2)cc1.CCl. The van der Waals surface area contributed by atoms with E-state index in [1.807, 2.05) is 38.1 Å². The Labute approximate surface area is 229 Å². The summed E-state index contributed by atoms with van der Waals surface area (Å²) in [6, 6.07) is 12.1. The normalized spacial score (nSPS) is 15.2. The lowest BCUT2D eigenvalue weighted by atomic mass is 9.99. The van der Waals surface area contributed by atoms with Crippen LogP contribution in [0.2, 0.25) is 0 Å². The fourth-order valence-electron chi connectivity index (χ4n) is 5.27. The highest BCUT2D eigenvalue weighted by atomic mass is 35.5. The molecule has 0 unspecified atom stereocenters. The molecule has 3 heterocycles. The Morgan fingerprint density at radius 3 is 2.50 bits per heavy atom. The molecular formula is C29H38ClN5O3. The number of carbonyl (C=O) groups is 1. The summed E-state index contributed by atoms with van der Waals surface area (Å²) in [5.41, 5.74) is 5.56. The lowest BCUT2D eigenvalue weighted by Gasteiger charge is -2.36. The zero-order valence-electron chi connectivity index (χ0n) is 22.5. The van der Waals surface area contributed by atoms with Gasteiger partial charge in [0, 0.05) is 69.0 Å². The molecule has 0 spiro atoms. The molecule has 2 aliphatic rings. The van der Waals surface area contributed by atoms with Crippen molar-refractivity contribution in [2.75, 3.05) is 62.5 Å². The number of benzene rings is 2. The first kappa shape index (κ1) is 27.8. The van der Waals surface area contributed by atoms with Crippen molar-refractivity contribution in [1.82, 2.24) is 15.2 Å². The maximum Gasteiger partial charge on any atom is 0.253 e. The fourth-order valence-corrected chi connectivity index (χ4v) is 5.27. The van der Waals surface area contributed by atoms with Gasteiger partial charge in [-0.15, -0.1) is 11.6 Å². The van der Waals surface area contributed by atoms with Crippen LogP contribution in [-0.2, 0) is 13.0 Å². The van der Waals surface area contributed by atoms with Gasteiger partial charge in [0.05, 0.1) is 23.2 Å². The maximum absolute atomic E-state index is 12.7. The van der Waals surface area contributed by atoms with E-state index < -0.39 is 0 Å². The summed E-state index contributed by atoms with van der Waals surface area (Å²) >= 11 is 4.64. The summed E-state index contributed by atoms with van der Waals surface area (Å²) in [5.74, 6) is 0.797. The molecule has 9 heteroatoms. The first-order valence-corrected chi connectivity index (χ1v) is 14.1. The van der Waals surface area contributed by atoms with E-state index in [-0.39, 0.29) is 11.5 Å². The molecule has 5 rings (SSSR count). The number of hydrogen-bond acceptors (Lipinski definition) is 6. The number of H-pyrrole nitrogens is 1. The van der Waals surface area contributed by atoms with Gasteiger partial charge in [-0.05, 0) is 68.7 Å². The number of nitrogens with one attached hydrogen (secondary N) is 3. The molecule has 3 aromatic rings. The van der Waals surface area contributed by atoms with E-state index in [9.17, 15) is 9.59 Å². The van der Waals surface area contributed by atoms with Crippen LogP contribution in [0.5, 0.6) is 5.75 Å². The number of fused-ring (bicyclic) bond motifs is 3. The lowest BCUT2D eigenvalue weighted by molar-refractivity contribution is 0.0956. The molecule has 0 radical (unpaired) electrons. The van der Waals surface area contributed by atoms with Gasteiger partial charge in [-0.25, -0.2) is 0 Å². The number of amides is 1. The highest BCUT2D eigenvalue weighted by Crippen LogP contribution is 2.36. The summed E-state index contributed by atoms with van der Waals surface area (Å²) in [5, 5.41) is 7.27. The number of nitrogens with zero attached hydrogens (tertiary/aromatic N) is 2. The highest BCUT2D eigenvalue weighted by Gasteiger charge is 2.22. The number of aromatic nitrogens is 1. The Hall–Kier alpha value is -3.23. The van der Waals surface area contributed by atoms with Gasteiger partial charge in [-0.3, -0.25) is 14.5 Å². The molecule has 8 nitrogen and oxygen atoms in total. The first-order valence-electron chi connectivity index (χ1n) is 13.4. The average molecular weight is 540 g/mol. The van der Waals surface area contributed by atoms with Crippen molar-refractivity contribution < 1.29 is 9.53 Å². The molecule has 2 aromatic carbocycles. The standard InChI is InChI=1S/C28H35N5O3.CH3Cl/c1-3-29-27(34)20-7-9-21(10-8-20)33-14-12-32(13-15-33)18-19-16-23-25(24(17-19)36-4-2)26-22(28(35)31-23)6-5-11-30-26;1-2/h7-10,16-17,30H,3-6,11-15,18H2,1-2H3,(H,29,34)(H,31,35);1H3. The zero-order valence-corrected chi connectivity index (χ0v) is 23.3. The van der Waals surface area contributed by atoms with Crippen LogP contribution in [0.3, 0.4) is 0 Å². The van der Waals surface area contributed by atoms with Gasteiger partial charge in [0.2, 0.25) is 0 Å². The predicted octanol–water partition coefficient (Wildman–Crippen LogP) is 4.21. The molecule has 0 aliphatic carbocycles. The fraction of sp³-hybridized carbons (Fsp3) is 0.448. The summed E-state index contributed by atoms with van der Waals surface area (Å²) in [6.45, 7) is 10.5. The molecule has 0 saturated carbocycles. The van der Waals surface area contributed by atoms with Crippen molar-refractivity contribution in [3.8, 4) is 5.75 Å². The minimum Gasteiger partial charge on any atom is -0.493 e. The third-order valence-electron chi connectivity index (χ3n) is 7.05. The van der Waals surface area contributed by atoms with Crippen LogP contribution >= 0.6 is 11.6 Å². The molecular weight excluding hydrogens is 502 g/mol. The monoisotopic (exact) mass is 539 g/mol. The number of alkyl halides is 1. The number of rotatable bonds is 7. The quantitative estimate of drug-likeness (QED) is 0.390. The summed E-state index contributed by atoms with van der Waals surface area (Å²) in [7, 11) is 0. The van der Waals surface area contributed by atoms with Gasteiger partial charge in [0.15, 0.2) is 0 Å². The minimum atomic E-state index is -0.0340. The molecule has 1 fully saturated rings. The Balaban J connectivity index is 0.00000164. The Morgan fingerprint density at radius 2 is 1.82 bits per heavy atom. The van der Waals surface area contributed by atoms with Crippen LogP contribution < -0.4 is 25.8 Å². The Kier molecular flexibility index (Phi) is 9.53. The molecule has 1 amide bonds. The largest absolute Gasteiger partial charge is 0.493 e. The smallest absolute Gasteiger partial charge is 0.253 e. The number of piperazine rings is 1.